The fourth-order valence-corrected chi connectivity index (χ4v) is 5.22. The van der Waals surface area contributed by atoms with Crippen LogP contribution in [0.15, 0.2) is 47.6 Å². The summed E-state index contributed by atoms with van der Waals surface area (Å²) in [7, 11) is -1.86. The summed E-state index contributed by atoms with van der Waals surface area (Å²) in [5.74, 6) is 0.0518. The van der Waals surface area contributed by atoms with Crippen molar-refractivity contribution in [1.82, 2.24) is 19.5 Å². The van der Waals surface area contributed by atoms with Crippen LogP contribution in [0.4, 0.5) is 0 Å². The van der Waals surface area contributed by atoms with Crippen LogP contribution in [-0.2, 0) is 17.1 Å². The number of sulfonamides is 1. The molecular weight excluding hydrogens is 402 g/mol. The Morgan fingerprint density at radius 3 is 2.63 bits per heavy atom. The monoisotopic (exact) mass is 427 g/mol. The SMILES string of the molecule is Cn1cc(S(=O)(=O)NCC2CCC(c3cc(C(N)=O)c4ccccc4n3)CC2)cn1. The van der Waals surface area contributed by atoms with Crippen LogP contribution in [0.2, 0.25) is 0 Å². The van der Waals surface area contributed by atoms with Gasteiger partial charge in [0.25, 0.3) is 0 Å². The number of carbonyl (C=O) groups excluding carboxylic acids is 1. The average Bonchev–Trinajstić information content (AvgIpc) is 3.19. The Labute approximate surface area is 175 Å². The van der Waals surface area contributed by atoms with E-state index in [2.05, 4.69) is 9.82 Å². The number of hydrogen-bond donors (Lipinski definition) is 2. The maximum Gasteiger partial charge on any atom is 0.249 e. The van der Waals surface area contributed by atoms with E-state index in [1.807, 2.05) is 30.3 Å². The molecule has 158 valence electrons. The molecule has 1 amide bonds. The van der Waals surface area contributed by atoms with Gasteiger partial charge in [0.15, 0.2) is 0 Å². The number of amides is 1. The molecule has 0 spiro atoms. The predicted octanol–water partition coefficient (Wildman–Crippen LogP) is 2.32. The number of nitrogens with zero attached hydrogens (tertiary/aromatic N) is 3. The largest absolute Gasteiger partial charge is 0.366 e. The van der Waals surface area contributed by atoms with Crippen LogP contribution in [0.1, 0.15) is 47.7 Å². The summed E-state index contributed by atoms with van der Waals surface area (Å²) in [6.45, 7) is 0.404. The molecule has 0 saturated heterocycles. The molecule has 8 nitrogen and oxygen atoms in total. The Bertz CT molecular complexity index is 1180. The number of primary amides is 1. The zero-order chi connectivity index (χ0) is 21.3. The highest BCUT2D eigenvalue weighted by atomic mass is 32.2. The summed E-state index contributed by atoms with van der Waals surface area (Å²) < 4.78 is 28.9. The van der Waals surface area contributed by atoms with E-state index in [-0.39, 0.29) is 16.7 Å². The number of carbonyl (C=O) groups is 1. The molecule has 0 radical (unpaired) electrons. The first kappa shape index (κ1) is 20.5. The summed E-state index contributed by atoms with van der Waals surface area (Å²) in [5.41, 5.74) is 7.75. The number of nitrogens with two attached hydrogens (primary N) is 1. The van der Waals surface area contributed by atoms with Gasteiger partial charge in [-0.25, -0.2) is 13.1 Å². The second kappa shape index (κ2) is 8.16. The van der Waals surface area contributed by atoms with E-state index in [0.29, 0.717) is 12.1 Å². The van der Waals surface area contributed by atoms with Crippen molar-refractivity contribution in [3.63, 3.8) is 0 Å². The lowest BCUT2D eigenvalue weighted by Gasteiger charge is -2.28. The highest BCUT2D eigenvalue weighted by Gasteiger charge is 2.26. The molecule has 2 heterocycles. The first-order valence-electron chi connectivity index (χ1n) is 10.0. The van der Waals surface area contributed by atoms with E-state index in [0.717, 1.165) is 42.3 Å². The van der Waals surface area contributed by atoms with Crippen LogP contribution in [-0.4, -0.2) is 35.6 Å². The van der Waals surface area contributed by atoms with Crippen molar-refractivity contribution in [2.24, 2.45) is 18.7 Å². The van der Waals surface area contributed by atoms with Crippen LogP contribution < -0.4 is 10.5 Å². The Morgan fingerprint density at radius 2 is 1.97 bits per heavy atom. The topological polar surface area (TPSA) is 120 Å². The Balaban J connectivity index is 1.42. The molecule has 4 rings (SSSR count). The van der Waals surface area contributed by atoms with Gasteiger partial charge in [-0.15, -0.1) is 0 Å². The zero-order valence-corrected chi connectivity index (χ0v) is 17.6. The molecule has 0 atom stereocenters. The van der Waals surface area contributed by atoms with Gasteiger partial charge in [-0.3, -0.25) is 14.5 Å². The second-order valence-corrected chi connectivity index (χ2v) is 9.66. The van der Waals surface area contributed by atoms with E-state index < -0.39 is 15.9 Å². The van der Waals surface area contributed by atoms with Gasteiger partial charge in [-0.2, -0.15) is 5.10 Å². The number of fused-ring (bicyclic) bond motifs is 1. The molecule has 0 bridgehead atoms. The van der Waals surface area contributed by atoms with E-state index in [9.17, 15) is 13.2 Å². The number of para-hydroxylation sites is 1. The van der Waals surface area contributed by atoms with Gasteiger partial charge in [0.05, 0.1) is 17.3 Å². The van der Waals surface area contributed by atoms with E-state index in [1.54, 1.807) is 7.05 Å². The zero-order valence-electron chi connectivity index (χ0n) is 16.8. The van der Waals surface area contributed by atoms with Gasteiger partial charge in [0.1, 0.15) is 4.90 Å². The highest BCUT2D eigenvalue weighted by Crippen LogP contribution is 2.36. The fourth-order valence-electron chi connectivity index (χ4n) is 4.12. The van der Waals surface area contributed by atoms with Crippen molar-refractivity contribution in [2.45, 2.75) is 36.5 Å². The molecule has 2 aromatic heterocycles. The number of pyridine rings is 1. The van der Waals surface area contributed by atoms with E-state index in [4.69, 9.17) is 10.7 Å². The maximum atomic E-state index is 12.4. The molecule has 3 aromatic rings. The van der Waals surface area contributed by atoms with Crippen molar-refractivity contribution in [3.05, 3.63) is 54.0 Å². The Kier molecular flexibility index (Phi) is 5.57. The third kappa shape index (κ3) is 4.22. The molecular formula is C21H25N5O3S. The van der Waals surface area contributed by atoms with Crippen LogP contribution in [0, 0.1) is 5.92 Å². The number of rotatable bonds is 6. The lowest BCUT2D eigenvalue weighted by atomic mass is 9.80. The molecule has 1 aliphatic carbocycles. The number of hydrogen-bond acceptors (Lipinski definition) is 5. The first-order chi connectivity index (χ1) is 14.3. The van der Waals surface area contributed by atoms with Gasteiger partial charge < -0.3 is 5.73 Å². The molecule has 0 unspecified atom stereocenters. The average molecular weight is 428 g/mol. The Morgan fingerprint density at radius 1 is 1.23 bits per heavy atom. The minimum atomic E-state index is -3.54. The normalized spacial score (nSPS) is 19.8. The van der Waals surface area contributed by atoms with Gasteiger partial charge in [-0.1, -0.05) is 18.2 Å². The van der Waals surface area contributed by atoms with Gasteiger partial charge >= 0.3 is 0 Å². The number of benzene rings is 1. The summed E-state index contributed by atoms with van der Waals surface area (Å²) in [6, 6.07) is 9.34. The van der Waals surface area contributed by atoms with Gasteiger partial charge in [0.2, 0.25) is 15.9 Å². The summed E-state index contributed by atoms with van der Waals surface area (Å²) in [6.07, 6.45) is 6.40. The Hall–Kier alpha value is -2.78. The van der Waals surface area contributed by atoms with Crippen LogP contribution in [0.25, 0.3) is 10.9 Å². The number of aromatic nitrogens is 3. The molecule has 1 aliphatic rings. The summed E-state index contributed by atoms with van der Waals surface area (Å²) in [4.78, 5) is 16.9. The van der Waals surface area contributed by atoms with Gasteiger partial charge in [-0.05, 0) is 43.7 Å². The highest BCUT2D eigenvalue weighted by molar-refractivity contribution is 7.89. The smallest absolute Gasteiger partial charge is 0.249 e. The quantitative estimate of drug-likeness (QED) is 0.625. The molecule has 0 aliphatic heterocycles. The van der Waals surface area contributed by atoms with Crippen molar-refractivity contribution in [3.8, 4) is 0 Å². The van der Waals surface area contributed by atoms with Crippen molar-refractivity contribution < 1.29 is 13.2 Å². The van der Waals surface area contributed by atoms with E-state index >= 15 is 0 Å². The molecule has 1 fully saturated rings. The fraction of sp³-hybridized carbons (Fsp3) is 0.381. The molecule has 3 N–H and O–H groups in total. The first-order valence-corrected chi connectivity index (χ1v) is 11.5. The number of aryl methyl sites for hydroxylation is 1. The van der Waals surface area contributed by atoms with Crippen molar-refractivity contribution in [2.75, 3.05) is 6.54 Å². The van der Waals surface area contributed by atoms with Crippen LogP contribution in [0.5, 0.6) is 0 Å². The number of nitrogens with one attached hydrogen (secondary N) is 1. The third-order valence-electron chi connectivity index (χ3n) is 5.82. The molecule has 1 saturated carbocycles. The molecule has 9 heteroatoms. The lowest BCUT2D eigenvalue weighted by molar-refractivity contribution is 0.100. The van der Waals surface area contributed by atoms with Gasteiger partial charge in [0, 0.05) is 36.8 Å². The van der Waals surface area contributed by atoms with Crippen molar-refractivity contribution >= 4 is 26.8 Å². The van der Waals surface area contributed by atoms with E-state index in [1.165, 1.54) is 17.1 Å². The van der Waals surface area contributed by atoms with Crippen molar-refractivity contribution in [1.29, 1.82) is 0 Å². The summed E-state index contributed by atoms with van der Waals surface area (Å²) >= 11 is 0. The maximum absolute atomic E-state index is 12.4. The third-order valence-corrected chi connectivity index (χ3v) is 7.20. The molecule has 1 aromatic carbocycles. The minimum absolute atomic E-state index is 0.179. The predicted molar refractivity (Wildman–Crippen MR) is 113 cm³/mol. The standard InChI is InChI=1S/C21H25N5O3S/c1-26-13-16(12-23-26)30(28,29)24-11-14-6-8-15(9-7-14)20-10-18(21(22)27)17-4-2-3-5-19(17)25-20/h2-5,10,12-15,24H,6-9,11H2,1H3,(H2,22,27). The second-order valence-electron chi connectivity index (χ2n) is 7.90. The minimum Gasteiger partial charge on any atom is -0.366 e. The lowest BCUT2D eigenvalue weighted by Crippen LogP contribution is -2.31. The van der Waals surface area contributed by atoms with Crippen LogP contribution in [0.3, 0.4) is 0 Å². The molecule has 30 heavy (non-hydrogen) atoms. The van der Waals surface area contributed by atoms with Crippen LogP contribution >= 0.6 is 0 Å². The summed E-state index contributed by atoms with van der Waals surface area (Å²) in [5, 5.41) is 4.69.